The van der Waals surface area contributed by atoms with Crippen molar-refractivity contribution in [2.24, 2.45) is 7.05 Å². The summed E-state index contributed by atoms with van der Waals surface area (Å²) in [4.78, 5) is 33.4. The van der Waals surface area contributed by atoms with Crippen molar-refractivity contribution in [1.82, 2.24) is 9.88 Å². The van der Waals surface area contributed by atoms with Gasteiger partial charge in [-0.3, -0.25) is 14.4 Å². The zero-order valence-corrected chi connectivity index (χ0v) is 9.64. The molecule has 6 nitrogen and oxygen atoms in total. The quantitative estimate of drug-likeness (QED) is 0.771. The van der Waals surface area contributed by atoms with Crippen molar-refractivity contribution in [3.63, 3.8) is 0 Å². The highest BCUT2D eigenvalue weighted by Gasteiger charge is 2.12. The number of aromatic nitrogens is 1. The summed E-state index contributed by atoms with van der Waals surface area (Å²) in [7, 11) is 1.58. The molecule has 0 aliphatic heterocycles. The first kappa shape index (κ1) is 13.0. The number of pyridine rings is 1. The number of aryl methyl sites for hydroxylation is 1. The number of aliphatic carboxylic acids is 1. The van der Waals surface area contributed by atoms with Crippen LogP contribution in [-0.2, 0) is 11.8 Å². The van der Waals surface area contributed by atoms with E-state index < -0.39 is 17.9 Å². The van der Waals surface area contributed by atoms with Crippen LogP contribution in [-0.4, -0.2) is 27.6 Å². The van der Waals surface area contributed by atoms with Crippen LogP contribution in [0.5, 0.6) is 0 Å². The Morgan fingerprint density at radius 3 is 2.71 bits per heavy atom. The Hall–Kier alpha value is -2.11. The molecule has 0 saturated heterocycles. The van der Waals surface area contributed by atoms with Crippen LogP contribution in [0.25, 0.3) is 0 Å². The van der Waals surface area contributed by atoms with Crippen molar-refractivity contribution >= 4 is 11.9 Å². The number of nitrogens with one attached hydrogen (secondary N) is 1. The SMILES string of the molecule is CC(CC(=O)O)NC(=O)c1ccn(C)c(=O)c1. The monoisotopic (exact) mass is 238 g/mol. The minimum atomic E-state index is -0.984. The van der Waals surface area contributed by atoms with Gasteiger partial charge in [-0.25, -0.2) is 0 Å². The highest BCUT2D eigenvalue weighted by molar-refractivity contribution is 5.94. The highest BCUT2D eigenvalue weighted by atomic mass is 16.4. The van der Waals surface area contributed by atoms with E-state index in [1.165, 1.54) is 22.9 Å². The molecule has 0 saturated carbocycles. The Morgan fingerprint density at radius 2 is 2.18 bits per heavy atom. The molecule has 1 aromatic heterocycles. The Labute approximate surface area is 97.9 Å². The zero-order chi connectivity index (χ0) is 13.0. The van der Waals surface area contributed by atoms with Crippen LogP contribution in [0.4, 0.5) is 0 Å². The molecule has 2 N–H and O–H groups in total. The first-order valence-electron chi connectivity index (χ1n) is 5.09. The van der Waals surface area contributed by atoms with E-state index in [0.717, 1.165) is 0 Å². The molecule has 0 radical (unpaired) electrons. The van der Waals surface area contributed by atoms with Crippen molar-refractivity contribution in [2.75, 3.05) is 0 Å². The average molecular weight is 238 g/mol. The van der Waals surface area contributed by atoms with E-state index in [9.17, 15) is 14.4 Å². The third-order valence-corrected chi connectivity index (χ3v) is 2.22. The lowest BCUT2D eigenvalue weighted by Crippen LogP contribution is -2.35. The second-order valence-corrected chi connectivity index (χ2v) is 3.84. The van der Waals surface area contributed by atoms with Crippen LogP contribution in [0.3, 0.4) is 0 Å². The normalized spacial score (nSPS) is 11.9. The zero-order valence-electron chi connectivity index (χ0n) is 9.64. The molecular weight excluding hydrogens is 224 g/mol. The molecule has 1 rings (SSSR count). The predicted molar refractivity (Wildman–Crippen MR) is 60.9 cm³/mol. The molecule has 17 heavy (non-hydrogen) atoms. The van der Waals surface area contributed by atoms with E-state index in [-0.39, 0.29) is 17.5 Å². The van der Waals surface area contributed by atoms with E-state index in [1.54, 1.807) is 14.0 Å². The third-order valence-electron chi connectivity index (χ3n) is 2.22. The Balaban J connectivity index is 2.73. The largest absolute Gasteiger partial charge is 0.481 e. The van der Waals surface area contributed by atoms with Gasteiger partial charge in [0.2, 0.25) is 0 Å². The predicted octanol–water partition coefficient (Wildman–Crippen LogP) is -0.0217. The lowest BCUT2D eigenvalue weighted by Gasteiger charge is -2.11. The molecule has 1 atom stereocenters. The summed E-state index contributed by atoms with van der Waals surface area (Å²) in [6, 6.07) is 2.23. The highest BCUT2D eigenvalue weighted by Crippen LogP contribution is 1.97. The summed E-state index contributed by atoms with van der Waals surface area (Å²) in [6.07, 6.45) is 1.33. The third kappa shape index (κ3) is 3.75. The van der Waals surface area contributed by atoms with Gasteiger partial charge in [0.05, 0.1) is 6.42 Å². The molecule has 0 spiro atoms. The fourth-order valence-electron chi connectivity index (χ4n) is 1.31. The number of rotatable bonds is 4. The van der Waals surface area contributed by atoms with Gasteiger partial charge in [0.25, 0.3) is 11.5 Å². The number of hydrogen-bond acceptors (Lipinski definition) is 3. The summed E-state index contributed by atoms with van der Waals surface area (Å²) < 4.78 is 1.34. The van der Waals surface area contributed by atoms with Gasteiger partial charge < -0.3 is 15.0 Å². The van der Waals surface area contributed by atoms with E-state index >= 15 is 0 Å². The van der Waals surface area contributed by atoms with Gasteiger partial charge >= 0.3 is 5.97 Å². The maximum absolute atomic E-state index is 11.6. The minimum absolute atomic E-state index is 0.156. The molecule has 0 aromatic carbocycles. The molecule has 0 fully saturated rings. The standard InChI is InChI=1S/C11H14N2O4/c1-7(5-10(15)16)12-11(17)8-3-4-13(2)9(14)6-8/h3-4,6-7H,5H2,1-2H3,(H,12,17)(H,15,16). The molecular formula is C11H14N2O4. The van der Waals surface area contributed by atoms with Crippen LogP contribution < -0.4 is 10.9 Å². The van der Waals surface area contributed by atoms with Gasteiger partial charge in [-0.1, -0.05) is 0 Å². The first-order chi connectivity index (χ1) is 7.90. The molecule has 0 bridgehead atoms. The molecule has 1 heterocycles. The maximum atomic E-state index is 11.6. The van der Waals surface area contributed by atoms with Gasteiger partial charge in [0.15, 0.2) is 0 Å². The van der Waals surface area contributed by atoms with Crippen LogP contribution in [0, 0.1) is 0 Å². The molecule has 0 aliphatic carbocycles. The summed E-state index contributed by atoms with van der Waals surface area (Å²) >= 11 is 0. The number of carboxylic acid groups (broad SMARTS) is 1. The van der Waals surface area contributed by atoms with Crippen molar-refractivity contribution in [3.05, 3.63) is 34.2 Å². The average Bonchev–Trinajstić information content (AvgIpc) is 2.20. The van der Waals surface area contributed by atoms with Gasteiger partial charge in [-0.05, 0) is 13.0 Å². The summed E-state index contributed by atoms with van der Waals surface area (Å²) in [5.41, 5.74) is -0.0612. The van der Waals surface area contributed by atoms with Crippen LogP contribution in [0.1, 0.15) is 23.7 Å². The summed E-state index contributed by atoms with van der Waals surface area (Å²) in [5, 5.41) is 11.0. The van der Waals surface area contributed by atoms with Crippen molar-refractivity contribution in [1.29, 1.82) is 0 Å². The lowest BCUT2D eigenvalue weighted by molar-refractivity contribution is -0.137. The first-order valence-corrected chi connectivity index (χ1v) is 5.09. The number of carboxylic acids is 1. The smallest absolute Gasteiger partial charge is 0.305 e. The topological polar surface area (TPSA) is 88.4 Å². The fourth-order valence-corrected chi connectivity index (χ4v) is 1.31. The summed E-state index contributed by atoms with van der Waals surface area (Å²) in [5.74, 6) is -1.43. The van der Waals surface area contributed by atoms with Crippen molar-refractivity contribution in [3.8, 4) is 0 Å². The van der Waals surface area contributed by atoms with E-state index in [2.05, 4.69) is 5.32 Å². The fraction of sp³-hybridized carbons (Fsp3) is 0.364. The summed E-state index contributed by atoms with van der Waals surface area (Å²) in [6.45, 7) is 1.59. The van der Waals surface area contributed by atoms with Gasteiger partial charge in [-0.15, -0.1) is 0 Å². The van der Waals surface area contributed by atoms with Crippen LogP contribution in [0.15, 0.2) is 23.1 Å². The molecule has 6 heteroatoms. The maximum Gasteiger partial charge on any atom is 0.305 e. The Bertz CT molecular complexity index is 492. The van der Waals surface area contributed by atoms with Crippen LogP contribution in [0.2, 0.25) is 0 Å². The van der Waals surface area contributed by atoms with Gasteiger partial charge in [0.1, 0.15) is 0 Å². The number of amides is 1. The molecule has 0 aliphatic rings. The molecule has 1 aromatic rings. The van der Waals surface area contributed by atoms with E-state index in [0.29, 0.717) is 0 Å². The Morgan fingerprint density at radius 1 is 1.53 bits per heavy atom. The van der Waals surface area contributed by atoms with E-state index in [1.807, 2.05) is 0 Å². The molecule has 92 valence electrons. The number of carbonyl (C=O) groups excluding carboxylic acids is 1. The lowest BCUT2D eigenvalue weighted by atomic mass is 10.2. The second kappa shape index (κ2) is 5.29. The molecule has 1 unspecified atom stereocenters. The van der Waals surface area contributed by atoms with Gasteiger partial charge in [0, 0.05) is 30.9 Å². The van der Waals surface area contributed by atoms with E-state index in [4.69, 9.17) is 5.11 Å². The van der Waals surface area contributed by atoms with Crippen molar-refractivity contribution in [2.45, 2.75) is 19.4 Å². The molecule has 1 amide bonds. The van der Waals surface area contributed by atoms with Crippen LogP contribution >= 0.6 is 0 Å². The minimum Gasteiger partial charge on any atom is -0.481 e. The number of hydrogen-bond donors (Lipinski definition) is 2. The Kier molecular flexibility index (Phi) is 4.03. The van der Waals surface area contributed by atoms with Gasteiger partial charge in [-0.2, -0.15) is 0 Å². The second-order valence-electron chi connectivity index (χ2n) is 3.84. The van der Waals surface area contributed by atoms with Crippen molar-refractivity contribution < 1.29 is 14.7 Å². The number of nitrogens with zero attached hydrogens (tertiary/aromatic N) is 1. The number of carbonyl (C=O) groups is 2.